The number of carbonyl (C=O) groups excluding carboxylic acids is 1. The van der Waals surface area contributed by atoms with Gasteiger partial charge in [0.1, 0.15) is 12.4 Å². The van der Waals surface area contributed by atoms with Crippen molar-refractivity contribution in [1.82, 2.24) is 10.3 Å². The van der Waals surface area contributed by atoms with E-state index in [1.165, 1.54) is 0 Å². The molecule has 1 heterocycles. The molecule has 0 aliphatic carbocycles. The van der Waals surface area contributed by atoms with Gasteiger partial charge in [-0.3, -0.25) is 9.78 Å². The summed E-state index contributed by atoms with van der Waals surface area (Å²) >= 11 is 0. The van der Waals surface area contributed by atoms with Gasteiger partial charge in [-0.25, -0.2) is 0 Å². The zero-order valence-corrected chi connectivity index (χ0v) is 10.4. The summed E-state index contributed by atoms with van der Waals surface area (Å²) in [7, 11) is 0. The predicted octanol–water partition coefficient (Wildman–Crippen LogP) is 1.47. The Hall–Kier alpha value is -2.56. The molecule has 0 saturated heterocycles. The first kappa shape index (κ1) is 12.9. The van der Waals surface area contributed by atoms with E-state index in [9.17, 15) is 4.79 Å². The van der Waals surface area contributed by atoms with Gasteiger partial charge >= 0.3 is 0 Å². The number of hydrogen-bond donors (Lipinski definition) is 2. The molecule has 1 aromatic heterocycles. The summed E-state index contributed by atoms with van der Waals surface area (Å²) in [6.45, 7) is 0.778. The molecule has 2 aromatic rings. The van der Waals surface area contributed by atoms with Gasteiger partial charge in [-0.2, -0.15) is 0 Å². The van der Waals surface area contributed by atoms with Crippen LogP contribution in [0.15, 0.2) is 48.8 Å². The number of nitrogen functional groups attached to an aromatic ring is 1. The van der Waals surface area contributed by atoms with Crippen LogP contribution in [0.4, 0.5) is 5.69 Å². The second-order valence-corrected chi connectivity index (χ2v) is 3.88. The van der Waals surface area contributed by atoms with Crippen molar-refractivity contribution >= 4 is 11.6 Å². The lowest BCUT2D eigenvalue weighted by Crippen LogP contribution is -2.28. The van der Waals surface area contributed by atoms with Crippen molar-refractivity contribution in [3.63, 3.8) is 0 Å². The van der Waals surface area contributed by atoms with Gasteiger partial charge in [0.05, 0.1) is 12.2 Å². The minimum Gasteiger partial charge on any atom is -0.490 e. The monoisotopic (exact) mass is 257 g/mol. The normalized spacial score (nSPS) is 9.89. The first-order valence-corrected chi connectivity index (χ1v) is 5.93. The Labute approximate surface area is 111 Å². The molecular formula is C14H15N3O2. The molecule has 1 amide bonds. The van der Waals surface area contributed by atoms with Crippen molar-refractivity contribution in [3.8, 4) is 5.75 Å². The van der Waals surface area contributed by atoms with Crippen molar-refractivity contribution in [2.24, 2.45) is 0 Å². The molecule has 0 aliphatic heterocycles. The van der Waals surface area contributed by atoms with Crippen LogP contribution in [0.3, 0.4) is 0 Å². The SMILES string of the molecule is Nc1ccccc1OCCNC(=O)c1ccncc1. The number of anilines is 1. The zero-order valence-electron chi connectivity index (χ0n) is 10.4. The van der Waals surface area contributed by atoms with Crippen molar-refractivity contribution in [3.05, 3.63) is 54.4 Å². The highest BCUT2D eigenvalue weighted by molar-refractivity contribution is 5.93. The van der Waals surface area contributed by atoms with E-state index < -0.39 is 0 Å². The maximum atomic E-state index is 11.7. The smallest absolute Gasteiger partial charge is 0.251 e. The standard InChI is InChI=1S/C14H15N3O2/c15-12-3-1-2-4-13(12)19-10-9-17-14(18)11-5-7-16-8-6-11/h1-8H,9-10,15H2,(H,17,18). The first-order valence-electron chi connectivity index (χ1n) is 5.93. The second kappa shape index (κ2) is 6.39. The lowest BCUT2D eigenvalue weighted by atomic mass is 10.2. The van der Waals surface area contributed by atoms with Gasteiger partial charge in [0.15, 0.2) is 0 Å². The minimum absolute atomic E-state index is 0.146. The van der Waals surface area contributed by atoms with E-state index in [4.69, 9.17) is 10.5 Å². The topological polar surface area (TPSA) is 77.2 Å². The second-order valence-electron chi connectivity index (χ2n) is 3.88. The number of nitrogens with zero attached hydrogens (tertiary/aromatic N) is 1. The van der Waals surface area contributed by atoms with E-state index in [1.807, 2.05) is 12.1 Å². The number of nitrogens with one attached hydrogen (secondary N) is 1. The quantitative estimate of drug-likeness (QED) is 0.628. The number of benzene rings is 1. The van der Waals surface area contributed by atoms with Crippen molar-refractivity contribution in [1.29, 1.82) is 0 Å². The van der Waals surface area contributed by atoms with Gasteiger partial charge in [0.2, 0.25) is 0 Å². The molecule has 5 nitrogen and oxygen atoms in total. The number of amides is 1. The van der Waals surface area contributed by atoms with Gasteiger partial charge in [-0.15, -0.1) is 0 Å². The Morgan fingerprint density at radius 1 is 1.21 bits per heavy atom. The summed E-state index contributed by atoms with van der Waals surface area (Å²) in [5, 5.41) is 2.76. The molecule has 2 rings (SSSR count). The Morgan fingerprint density at radius 3 is 2.68 bits per heavy atom. The van der Waals surface area contributed by atoms with E-state index in [2.05, 4.69) is 10.3 Å². The highest BCUT2D eigenvalue weighted by Gasteiger charge is 2.04. The third-order valence-corrected chi connectivity index (χ3v) is 2.51. The minimum atomic E-state index is -0.146. The lowest BCUT2D eigenvalue weighted by Gasteiger charge is -2.09. The Kier molecular flexibility index (Phi) is 4.34. The molecule has 98 valence electrons. The lowest BCUT2D eigenvalue weighted by molar-refractivity contribution is 0.0947. The molecule has 19 heavy (non-hydrogen) atoms. The fourth-order valence-electron chi connectivity index (χ4n) is 1.54. The van der Waals surface area contributed by atoms with Gasteiger partial charge in [-0.1, -0.05) is 12.1 Å². The molecule has 5 heteroatoms. The molecule has 0 unspecified atom stereocenters. The van der Waals surface area contributed by atoms with Crippen LogP contribution in [0, 0.1) is 0 Å². The number of carbonyl (C=O) groups is 1. The molecule has 0 aliphatic rings. The Morgan fingerprint density at radius 2 is 1.95 bits per heavy atom. The molecular weight excluding hydrogens is 242 g/mol. The average Bonchev–Trinajstić information content (AvgIpc) is 2.46. The summed E-state index contributed by atoms with van der Waals surface area (Å²) in [6, 6.07) is 10.6. The Balaban J connectivity index is 1.76. The van der Waals surface area contributed by atoms with Crippen LogP contribution >= 0.6 is 0 Å². The van der Waals surface area contributed by atoms with E-state index >= 15 is 0 Å². The third kappa shape index (κ3) is 3.70. The van der Waals surface area contributed by atoms with Crippen LogP contribution in [-0.4, -0.2) is 24.0 Å². The average molecular weight is 257 g/mol. The van der Waals surface area contributed by atoms with Crippen molar-refractivity contribution in [2.75, 3.05) is 18.9 Å². The van der Waals surface area contributed by atoms with Crippen LogP contribution in [0.25, 0.3) is 0 Å². The predicted molar refractivity (Wildman–Crippen MR) is 72.9 cm³/mol. The van der Waals surface area contributed by atoms with E-state index in [0.29, 0.717) is 30.2 Å². The molecule has 0 bridgehead atoms. The van der Waals surface area contributed by atoms with E-state index in [-0.39, 0.29) is 5.91 Å². The van der Waals surface area contributed by atoms with Crippen molar-refractivity contribution in [2.45, 2.75) is 0 Å². The van der Waals surface area contributed by atoms with Gasteiger partial charge in [0.25, 0.3) is 5.91 Å². The number of ether oxygens (including phenoxy) is 1. The maximum Gasteiger partial charge on any atom is 0.251 e. The fraction of sp³-hybridized carbons (Fsp3) is 0.143. The summed E-state index contributed by atoms with van der Waals surface area (Å²) in [6.07, 6.45) is 3.16. The van der Waals surface area contributed by atoms with Gasteiger partial charge < -0.3 is 15.8 Å². The first-order chi connectivity index (χ1) is 9.27. The molecule has 3 N–H and O–H groups in total. The summed E-state index contributed by atoms with van der Waals surface area (Å²) in [4.78, 5) is 15.6. The van der Waals surface area contributed by atoms with Crippen LogP contribution < -0.4 is 15.8 Å². The molecule has 0 radical (unpaired) electrons. The molecule has 0 atom stereocenters. The number of rotatable bonds is 5. The molecule has 0 fully saturated rings. The number of hydrogen-bond acceptors (Lipinski definition) is 4. The third-order valence-electron chi connectivity index (χ3n) is 2.51. The van der Waals surface area contributed by atoms with Crippen LogP contribution in [-0.2, 0) is 0 Å². The van der Waals surface area contributed by atoms with Gasteiger partial charge in [0, 0.05) is 18.0 Å². The summed E-state index contributed by atoms with van der Waals surface area (Å²) < 4.78 is 5.47. The highest BCUT2D eigenvalue weighted by Crippen LogP contribution is 2.19. The largest absolute Gasteiger partial charge is 0.490 e. The molecule has 1 aromatic carbocycles. The zero-order chi connectivity index (χ0) is 13.5. The van der Waals surface area contributed by atoms with Crippen LogP contribution in [0.2, 0.25) is 0 Å². The van der Waals surface area contributed by atoms with Crippen LogP contribution in [0.1, 0.15) is 10.4 Å². The van der Waals surface area contributed by atoms with Crippen molar-refractivity contribution < 1.29 is 9.53 Å². The number of aromatic nitrogens is 1. The maximum absolute atomic E-state index is 11.7. The summed E-state index contributed by atoms with van der Waals surface area (Å²) in [5.74, 6) is 0.479. The molecule has 0 saturated carbocycles. The number of nitrogens with two attached hydrogens (primary N) is 1. The van der Waals surface area contributed by atoms with E-state index in [1.54, 1.807) is 36.7 Å². The van der Waals surface area contributed by atoms with E-state index in [0.717, 1.165) is 0 Å². The Bertz CT molecular complexity index is 543. The van der Waals surface area contributed by atoms with Gasteiger partial charge in [-0.05, 0) is 24.3 Å². The highest BCUT2D eigenvalue weighted by atomic mass is 16.5. The fourth-order valence-corrected chi connectivity index (χ4v) is 1.54. The summed E-state index contributed by atoms with van der Waals surface area (Å²) in [5.41, 5.74) is 6.90. The number of pyridine rings is 1. The van der Waals surface area contributed by atoms with Crippen LogP contribution in [0.5, 0.6) is 5.75 Å². The number of para-hydroxylation sites is 2. The molecule has 0 spiro atoms.